The van der Waals surface area contributed by atoms with E-state index in [1.165, 1.54) is 5.56 Å². The molecule has 0 radical (unpaired) electrons. The minimum atomic E-state index is 0.0535. The molecule has 1 N–H and O–H groups in total. The summed E-state index contributed by atoms with van der Waals surface area (Å²) in [7, 11) is 0. The molecule has 0 unspecified atom stereocenters. The predicted molar refractivity (Wildman–Crippen MR) is 75.5 cm³/mol. The summed E-state index contributed by atoms with van der Waals surface area (Å²) in [5, 5.41) is 3.25. The van der Waals surface area contributed by atoms with Gasteiger partial charge in [-0.3, -0.25) is 4.79 Å². The Balaban J connectivity index is 2.03. The Morgan fingerprint density at radius 1 is 1.17 bits per heavy atom. The summed E-state index contributed by atoms with van der Waals surface area (Å²) in [6.45, 7) is 4.08. The normalized spacial score (nSPS) is 11.0. The molecule has 90 valence electrons. The number of thiophene rings is 1. The predicted octanol–water partition coefficient (Wildman–Crippen LogP) is 4.08. The monoisotopic (exact) mass is 255 g/mol. The van der Waals surface area contributed by atoms with Crippen molar-refractivity contribution in [3.05, 3.63) is 58.1 Å². The van der Waals surface area contributed by atoms with Gasteiger partial charge in [-0.2, -0.15) is 0 Å². The number of H-pyrrole nitrogens is 1. The van der Waals surface area contributed by atoms with Gasteiger partial charge in [0.15, 0.2) is 0 Å². The van der Waals surface area contributed by atoms with Crippen LogP contribution < -0.4 is 0 Å². The molecule has 18 heavy (non-hydrogen) atoms. The number of hydrogen-bond acceptors (Lipinski definition) is 2. The van der Waals surface area contributed by atoms with E-state index in [0.29, 0.717) is 5.69 Å². The highest BCUT2D eigenvalue weighted by atomic mass is 32.1. The fraction of sp³-hybridized carbons (Fsp3) is 0.133. The Bertz CT molecular complexity index is 719. The Labute approximate surface area is 109 Å². The maximum Gasteiger partial charge on any atom is 0.209 e. The SMILES string of the molecule is Cc1ccc(C(=O)c2cc3c(C)csc3[nH]2)cc1. The second kappa shape index (κ2) is 4.10. The molecule has 0 aliphatic carbocycles. The number of rotatable bonds is 2. The number of aryl methyl sites for hydroxylation is 2. The Kier molecular flexibility index (Phi) is 2.56. The fourth-order valence-electron chi connectivity index (χ4n) is 2.02. The van der Waals surface area contributed by atoms with Gasteiger partial charge in [-0.25, -0.2) is 0 Å². The molecule has 0 bridgehead atoms. The van der Waals surface area contributed by atoms with Crippen LogP contribution in [0.5, 0.6) is 0 Å². The number of nitrogens with one attached hydrogen (secondary N) is 1. The number of carbonyl (C=O) groups is 1. The lowest BCUT2D eigenvalue weighted by molar-refractivity contribution is 0.103. The zero-order chi connectivity index (χ0) is 12.7. The van der Waals surface area contributed by atoms with Crippen LogP contribution in [-0.2, 0) is 0 Å². The molecule has 2 heterocycles. The minimum Gasteiger partial charge on any atom is -0.344 e. The highest BCUT2D eigenvalue weighted by Gasteiger charge is 2.13. The second-order valence-corrected chi connectivity index (χ2v) is 5.42. The van der Waals surface area contributed by atoms with Gasteiger partial charge in [-0.1, -0.05) is 29.8 Å². The summed E-state index contributed by atoms with van der Waals surface area (Å²) in [5.41, 5.74) is 3.78. The van der Waals surface area contributed by atoms with Crippen LogP contribution in [0, 0.1) is 13.8 Å². The summed E-state index contributed by atoms with van der Waals surface area (Å²) in [4.78, 5) is 16.6. The molecule has 2 nitrogen and oxygen atoms in total. The van der Waals surface area contributed by atoms with Gasteiger partial charge in [0, 0.05) is 10.9 Å². The Morgan fingerprint density at radius 3 is 2.56 bits per heavy atom. The first-order chi connectivity index (χ1) is 8.65. The van der Waals surface area contributed by atoms with Gasteiger partial charge >= 0.3 is 0 Å². The van der Waals surface area contributed by atoms with E-state index in [2.05, 4.69) is 17.3 Å². The van der Waals surface area contributed by atoms with Crippen molar-refractivity contribution in [2.45, 2.75) is 13.8 Å². The molecular formula is C15H13NOS. The third kappa shape index (κ3) is 1.77. The number of carbonyl (C=O) groups excluding carboxylic acids is 1. The van der Waals surface area contributed by atoms with Gasteiger partial charge in [0.1, 0.15) is 4.83 Å². The van der Waals surface area contributed by atoms with Gasteiger partial charge in [-0.05, 0) is 30.9 Å². The molecule has 0 aliphatic heterocycles. The quantitative estimate of drug-likeness (QED) is 0.688. The van der Waals surface area contributed by atoms with Crippen LogP contribution in [0.15, 0.2) is 35.7 Å². The minimum absolute atomic E-state index is 0.0535. The number of ketones is 1. The van der Waals surface area contributed by atoms with Gasteiger partial charge < -0.3 is 4.98 Å². The molecule has 0 fully saturated rings. The lowest BCUT2D eigenvalue weighted by Gasteiger charge is -1.99. The van der Waals surface area contributed by atoms with Gasteiger partial charge in [0.25, 0.3) is 0 Å². The molecule has 0 atom stereocenters. The first-order valence-corrected chi connectivity index (χ1v) is 6.71. The average molecular weight is 255 g/mol. The molecule has 0 amide bonds. The van der Waals surface area contributed by atoms with Crippen molar-refractivity contribution in [3.8, 4) is 0 Å². The van der Waals surface area contributed by atoms with Crippen LogP contribution in [0.2, 0.25) is 0 Å². The van der Waals surface area contributed by atoms with Crippen molar-refractivity contribution < 1.29 is 4.79 Å². The van der Waals surface area contributed by atoms with Gasteiger partial charge in [0.2, 0.25) is 5.78 Å². The van der Waals surface area contributed by atoms with Gasteiger partial charge in [-0.15, -0.1) is 11.3 Å². The first kappa shape index (κ1) is 11.2. The van der Waals surface area contributed by atoms with E-state index in [0.717, 1.165) is 21.3 Å². The van der Waals surface area contributed by atoms with E-state index < -0.39 is 0 Å². The molecule has 3 rings (SSSR count). The van der Waals surface area contributed by atoms with Crippen molar-refractivity contribution >= 4 is 27.3 Å². The van der Waals surface area contributed by atoms with E-state index in [9.17, 15) is 4.79 Å². The van der Waals surface area contributed by atoms with Gasteiger partial charge in [0.05, 0.1) is 5.69 Å². The number of benzene rings is 1. The smallest absolute Gasteiger partial charge is 0.209 e. The Morgan fingerprint density at radius 2 is 1.89 bits per heavy atom. The first-order valence-electron chi connectivity index (χ1n) is 5.83. The molecule has 0 spiro atoms. The summed E-state index contributed by atoms with van der Waals surface area (Å²) in [5.74, 6) is 0.0535. The largest absolute Gasteiger partial charge is 0.344 e. The standard InChI is InChI=1S/C15H13NOS/c1-9-3-5-11(6-4-9)14(17)13-7-12-10(2)8-18-15(12)16-13/h3-8,16H,1-2H3. The topological polar surface area (TPSA) is 32.9 Å². The van der Waals surface area contributed by atoms with Crippen LogP contribution in [0.25, 0.3) is 10.2 Å². The summed E-state index contributed by atoms with van der Waals surface area (Å²) in [6.07, 6.45) is 0. The number of hydrogen-bond donors (Lipinski definition) is 1. The van der Waals surface area contributed by atoms with Crippen molar-refractivity contribution in [1.82, 2.24) is 4.98 Å². The molecule has 1 aromatic carbocycles. The maximum atomic E-state index is 12.3. The lowest BCUT2D eigenvalue weighted by atomic mass is 10.1. The zero-order valence-electron chi connectivity index (χ0n) is 10.3. The average Bonchev–Trinajstić information content (AvgIpc) is 2.92. The van der Waals surface area contributed by atoms with Crippen molar-refractivity contribution in [3.63, 3.8) is 0 Å². The van der Waals surface area contributed by atoms with Crippen LogP contribution in [0.4, 0.5) is 0 Å². The van der Waals surface area contributed by atoms with Crippen molar-refractivity contribution in [1.29, 1.82) is 0 Å². The van der Waals surface area contributed by atoms with Crippen molar-refractivity contribution in [2.75, 3.05) is 0 Å². The Hall–Kier alpha value is -1.87. The molecule has 0 aliphatic rings. The van der Waals surface area contributed by atoms with E-state index in [1.807, 2.05) is 37.3 Å². The zero-order valence-corrected chi connectivity index (χ0v) is 11.1. The fourth-order valence-corrected chi connectivity index (χ4v) is 2.95. The third-order valence-electron chi connectivity index (χ3n) is 3.12. The molecule has 2 aromatic heterocycles. The lowest BCUT2D eigenvalue weighted by Crippen LogP contribution is -2.01. The third-order valence-corrected chi connectivity index (χ3v) is 4.15. The van der Waals surface area contributed by atoms with E-state index in [1.54, 1.807) is 11.3 Å². The number of aromatic amines is 1. The summed E-state index contributed by atoms with van der Waals surface area (Å²) < 4.78 is 0. The van der Waals surface area contributed by atoms with Crippen molar-refractivity contribution in [2.24, 2.45) is 0 Å². The van der Waals surface area contributed by atoms with Crippen LogP contribution in [0.1, 0.15) is 27.2 Å². The van der Waals surface area contributed by atoms with E-state index in [4.69, 9.17) is 0 Å². The second-order valence-electron chi connectivity index (χ2n) is 4.54. The molecule has 3 aromatic rings. The molecular weight excluding hydrogens is 242 g/mol. The molecule has 0 saturated carbocycles. The van der Waals surface area contributed by atoms with Crippen LogP contribution >= 0.6 is 11.3 Å². The maximum absolute atomic E-state index is 12.3. The highest BCUT2D eigenvalue weighted by Crippen LogP contribution is 2.26. The number of aromatic nitrogens is 1. The molecule has 3 heteroatoms. The number of fused-ring (bicyclic) bond motifs is 1. The summed E-state index contributed by atoms with van der Waals surface area (Å²) in [6, 6.07) is 9.62. The van der Waals surface area contributed by atoms with Crippen LogP contribution in [-0.4, -0.2) is 10.8 Å². The highest BCUT2D eigenvalue weighted by molar-refractivity contribution is 7.17. The van der Waals surface area contributed by atoms with E-state index >= 15 is 0 Å². The van der Waals surface area contributed by atoms with Crippen LogP contribution in [0.3, 0.4) is 0 Å². The summed E-state index contributed by atoms with van der Waals surface area (Å²) >= 11 is 1.64. The molecule has 0 saturated heterocycles. The van der Waals surface area contributed by atoms with E-state index in [-0.39, 0.29) is 5.78 Å².